The molecular formula is C11H16N4O3. The van der Waals surface area contributed by atoms with Gasteiger partial charge in [0, 0.05) is 33.0 Å². The Balaban J connectivity index is 2.63. The third kappa shape index (κ3) is 4.14. The zero-order valence-corrected chi connectivity index (χ0v) is 10.3. The highest BCUT2D eigenvalue weighted by Gasteiger charge is 2.23. The standard InChI is InChI=1S/C11H16N4O3/c1-18-8-7-15(6-2-5-12)11(17)9-3-4-10(16)14-13-9/h2-4,6-8H2,1H3,(H,14,16). The molecule has 0 unspecified atom stereocenters. The number of hydrazone groups is 1. The molecule has 1 aliphatic heterocycles. The van der Waals surface area contributed by atoms with Crippen molar-refractivity contribution >= 4 is 17.5 Å². The number of nitriles is 1. The second-order valence-corrected chi connectivity index (χ2v) is 3.79. The molecule has 0 saturated carbocycles. The fourth-order valence-corrected chi connectivity index (χ4v) is 1.51. The van der Waals surface area contributed by atoms with Gasteiger partial charge in [-0.3, -0.25) is 9.59 Å². The van der Waals surface area contributed by atoms with Gasteiger partial charge in [0.2, 0.25) is 5.91 Å². The topological polar surface area (TPSA) is 94.8 Å². The molecule has 0 aromatic heterocycles. The summed E-state index contributed by atoms with van der Waals surface area (Å²) in [4.78, 5) is 24.6. The van der Waals surface area contributed by atoms with Gasteiger partial charge in [-0.15, -0.1) is 0 Å². The Morgan fingerprint density at radius 1 is 1.56 bits per heavy atom. The van der Waals surface area contributed by atoms with Crippen molar-refractivity contribution < 1.29 is 14.3 Å². The highest BCUT2D eigenvalue weighted by atomic mass is 16.5. The van der Waals surface area contributed by atoms with Crippen LogP contribution in [0, 0.1) is 11.3 Å². The Bertz CT molecular complexity index is 386. The van der Waals surface area contributed by atoms with Crippen LogP contribution in [0.15, 0.2) is 5.10 Å². The third-order valence-electron chi connectivity index (χ3n) is 2.50. The number of nitrogens with zero attached hydrogens (tertiary/aromatic N) is 3. The molecule has 0 atom stereocenters. The Labute approximate surface area is 105 Å². The third-order valence-corrected chi connectivity index (χ3v) is 2.50. The Kier molecular flexibility index (Phi) is 5.80. The maximum atomic E-state index is 12.1. The van der Waals surface area contributed by atoms with Crippen molar-refractivity contribution in [1.29, 1.82) is 5.26 Å². The van der Waals surface area contributed by atoms with Gasteiger partial charge >= 0.3 is 0 Å². The van der Waals surface area contributed by atoms with Crippen LogP contribution >= 0.6 is 0 Å². The molecular weight excluding hydrogens is 236 g/mol. The molecule has 0 aromatic carbocycles. The Hall–Kier alpha value is -1.94. The fraction of sp³-hybridized carbons (Fsp3) is 0.636. The molecule has 98 valence electrons. The van der Waals surface area contributed by atoms with Crippen molar-refractivity contribution in [2.45, 2.75) is 19.3 Å². The van der Waals surface area contributed by atoms with E-state index >= 15 is 0 Å². The summed E-state index contributed by atoms with van der Waals surface area (Å²) in [7, 11) is 1.55. The smallest absolute Gasteiger partial charge is 0.270 e. The minimum Gasteiger partial charge on any atom is -0.383 e. The predicted molar refractivity (Wildman–Crippen MR) is 63.5 cm³/mol. The normalized spacial score (nSPS) is 14.4. The van der Waals surface area contributed by atoms with Crippen LogP contribution in [0.3, 0.4) is 0 Å². The second-order valence-electron chi connectivity index (χ2n) is 3.79. The monoisotopic (exact) mass is 252 g/mol. The van der Waals surface area contributed by atoms with E-state index < -0.39 is 0 Å². The number of hydrogen-bond acceptors (Lipinski definition) is 5. The molecule has 1 N–H and O–H groups in total. The highest BCUT2D eigenvalue weighted by molar-refractivity contribution is 6.39. The molecule has 0 radical (unpaired) electrons. The van der Waals surface area contributed by atoms with Crippen LogP contribution in [0.2, 0.25) is 0 Å². The summed E-state index contributed by atoms with van der Waals surface area (Å²) >= 11 is 0. The van der Waals surface area contributed by atoms with Gasteiger partial charge in [0.25, 0.3) is 5.91 Å². The quantitative estimate of drug-likeness (QED) is 0.698. The van der Waals surface area contributed by atoms with Crippen LogP contribution in [0.4, 0.5) is 0 Å². The van der Waals surface area contributed by atoms with Gasteiger partial charge in [-0.25, -0.2) is 5.43 Å². The second kappa shape index (κ2) is 7.40. The number of carbonyl (C=O) groups is 2. The first-order chi connectivity index (χ1) is 8.69. The van der Waals surface area contributed by atoms with Crippen molar-refractivity contribution in [3.05, 3.63) is 0 Å². The molecule has 7 heteroatoms. The first-order valence-corrected chi connectivity index (χ1v) is 5.69. The maximum absolute atomic E-state index is 12.1. The summed E-state index contributed by atoms with van der Waals surface area (Å²) in [6, 6.07) is 2.00. The molecule has 0 spiro atoms. The molecule has 7 nitrogen and oxygen atoms in total. The van der Waals surface area contributed by atoms with E-state index in [4.69, 9.17) is 10.00 Å². The summed E-state index contributed by atoms with van der Waals surface area (Å²) in [5.41, 5.74) is 2.61. The first-order valence-electron chi connectivity index (χ1n) is 5.69. The molecule has 0 saturated heterocycles. The number of rotatable bonds is 6. The molecule has 0 bridgehead atoms. The Morgan fingerprint density at radius 2 is 2.33 bits per heavy atom. The predicted octanol–water partition coefficient (Wildman–Crippen LogP) is -0.359. The van der Waals surface area contributed by atoms with Crippen LogP contribution in [0.25, 0.3) is 0 Å². The minimum atomic E-state index is -0.248. The number of methoxy groups -OCH3 is 1. The number of ether oxygens (including phenoxy) is 1. The maximum Gasteiger partial charge on any atom is 0.270 e. The van der Waals surface area contributed by atoms with Crippen LogP contribution < -0.4 is 5.43 Å². The largest absolute Gasteiger partial charge is 0.383 e. The summed E-state index contributed by atoms with van der Waals surface area (Å²) < 4.78 is 4.92. The molecule has 0 aromatic rings. The fourth-order valence-electron chi connectivity index (χ4n) is 1.51. The summed E-state index contributed by atoms with van der Waals surface area (Å²) in [6.45, 7) is 1.15. The summed E-state index contributed by atoms with van der Waals surface area (Å²) in [6.07, 6.45) is 0.858. The lowest BCUT2D eigenvalue weighted by Crippen LogP contribution is -2.42. The molecule has 18 heavy (non-hydrogen) atoms. The number of hydrogen-bond donors (Lipinski definition) is 1. The van der Waals surface area contributed by atoms with Crippen molar-refractivity contribution in [1.82, 2.24) is 10.3 Å². The zero-order valence-electron chi connectivity index (χ0n) is 10.3. The van der Waals surface area contributed by atoms with Crippen molar-refractivity contribution in [2.24, 2.45) is 5.10 Å². The van der Waals surface area contributed by atoms with E-state index in [-0.39, 0.29) is 24.7 Å². The number of amides is 2. The van der Waals surface area contributed by atoms with Crippen molar-refractivity contribution in [3.8, 4) is 6.07 Å². The molecule has 1 heterocycles. The molecule has 2 amide bonds. The highest BCUT2D eigenvalue weighted by Crippen LogP contribution is 2.04. The van der Waals surface area contributed by atoms with Crippen LogP contribution in [0.5, 0.6) is 0 Å². The minimum absolute atomic E-state index is 0.188. The zero-order chi connectivity index (χ0) is 13.4. The van der Waals surface area contributed by atoms with Crippen LogP contribution in [-0.4, -0.2) is 49.2 Å². The molecule has 1 aliphatic rings. The van der Waals surface area contributed by atoms with E-state index in [1.807, 2.05) is 6.07 Å². The van der Waals surface area contributed by atoms with Gasteiger partial charge < -0.3 is 9.64 Å². The lowest BCUT2D eigenvalue weighted by Gasteiger charge is -2.23. The lowest BCUT2D eigenvalue weighted by molar-refractivity contribution is -0.125. The Morgan fingerprint density at radius 3 is 2.89 bits per heavy atom. The van der Waals surface area contributed by atoms with Crippen molar-refractivity contribution in [2.75, 3.05) is 26.8 Å². The summed E-state index contributed by atoms with van der Waals surface area (Å²) in [5, 5.41) is 12.3. The molecule has 0 fully saturated rings. The van der Waals surface area contributed by atoms with E-state index in [0.717, 1.165) is 0 Å². The van der Waals surface area contributed by atoms with E-state index in [9.17, 15) is 9.59 Å². The van der Waals surface area contributed by atoms with E-state index in [0.29, 0.717) is 31.8 Å². The van der Waals surface area contributed by atoms with E-state index in [1.165, 1.54) is 4.90 Å². The van der Waals surface area contributed by atoms with E-state index in [2.05, 4.69) is 10.5 Å². The summed E-state index contributed by atoms with van der Waals surface area (Å²) in [5.74, 6) is -0.436. The lowest BCUT2D eigenvalue weighted by atomic mass is 10.1. The average Bonchev–Trinajstić information content (AvgIpc) is 2.39. The number of nitrogens with one attached hydrogen (secondary N) is 1. The van der Waals surface area contributed by atoms with Gasteiger partial charge in [0.1, 0.15) is 5.71 Å². The SMILES string of the molecule is COCCN(CCC#N)C(=O)C1=NNC(=O)CC1. The van der Waals surface area contributed by atoms with Gasteiger partial charge in [-0.1, -0.05) is 0 Å². The first kappa shape index (κ1) is 14.1. The van der Waals surface area contributed by atoms with Gasteiger partial charge in [-0.2, -0.15) is 10.4 Å². The van der Waals surface area contributed by atoms with Gasteiger partial charge in [0.05, 0.1) is 19.1 Å². The molecule has 0 aliphatic carbocycles. The van der Waals surface area contributed by atoms with E-state index in [1.54, 1.807) is 7.11 Å². The van der Waals surface area contributed by atoms with Crippen LogP contribution in [0.1, 0.15) is 19.3 Å². The van der Waals surface area contributed by atoms with Crippen molar-refractivity contribution in [3.63, 3.8) is 0 Å². The number of carbonyl (C=O) groups excluding carboxylic acids is 2. The molecule has 1 rings (SSSR count). The van der Waals surface area contributed by atoms with Gasteiger partial charge in [-0.05, 0) is 0 Å². The van der Waals surface area contributed by atoms with Gasteiger partial charge in [0.15, 0.2) is 0 Å². The average molecular weight is 252 g/mol. The van der Waals surface area contributed by atoms with Crippen LogP contribution in [-0.2, 0) is 14.3 Å².